The quantitative estimate of drug-likeness (QED) is 0.751. The van der Waals surface area contributed by atoms with Crippen LogP contribution in [0.5, 0.6) is 0 Å². The topological polar surface area (TPSA) is 15.3 Å². The summed E-state index contributed by atoms with van der Waals surface area (Å²) in [6.07, 6.45) is 16.0. The van der Waals surface area contributed by atoms with Crippen LogP contribution >= 0.6 is 0 Å². The Kier molecular flexibility index (Phi) is 4.48. The Bertz CT molecular complexity index is 267. The average Bonchev–Trinajstić information content (AvgIpc) is 2.87. The Hall–Kier alpha value is -0.520. The van der Waals surface area contributed by atoms with E-state index in [9.17, 15) is 0 Å². The predicted octanol–water partition coefficient (Wildman–Crippen LogP) is 2.40. The molecule has 0 bridgehead atoms. The smallest absolute Gasteiger partial charge is 0.0371 e. The standard InChI is InChI=1S/C15H26N2/c1-3-9-14(16-2)15(10-5-6-11-15)17-12-7-4-8-13-17/h1,14,16H,4-13H2,2H3. The summed E-state index contributed by atoms with van der Waals surface area (Å²) in [6, 6.07) is 0.480. The number of piperidine rings is 1. The van der Waals surface area contributed by atoms with E-state index in [1.165, 1.54) is 58.0 Å². The monoisotopic (exact) mass is 234 g/mol. The van der Waals surface area contributed by atoms with Gasteiger partial charge in [-0.25, -0.2) is 0 Å². The SMILES string of the molecule is C#CCC(NC)C1(N2CCCCC2)CCCC1. The third-order valence-corrected chi connectivity index (χ3v) is 4.77. The van der Waals surface area contributed by atoms with Crippen molar-refractivity contribution in [3.8, 4) is 12.3 Å². The van der Waals surface area contributed by atoms with Crippen molar-refractivity contribution in [2.75, 3.05) is 20.1 Å². The molecule has 2 nitrogen and oxygen atoms in total. The zero-order valence-electron chi connectivity index (χ0n) is 11.2. The highest BCUT2D eigenvalue weighted by Gasteiger charge is 2.45. The van der Waals surface area contributed by atoms with Gasteiger partial charge in [0.1, 0.15) is 0 Å². The van der Waals surface area contributed by atoms with Crippen molar-refractivity contribution < 1.29 is 0 Å². The first-order valence-electron chi connectivity index (χ1n) is 7.19. The maximum Gasteiger partial charge on any atom is 0.0371 e. The van der Waals surface area contributed by atoms with Gasteiger partial charge in [0.25, 0.3) is 0 Å². The van der Waals surface area contributed by atoms with Gasteiger partial charge >= 0.3 is 0 Å². The Labute approximate surface area is 106 Å². The summed E-state index contributed by atoms with van der Waals surface area (Å²) in [6.45, 7) is 2.56. The molecule has 1 saturated heterocycles. The molecule has 0 spiro atoms. The molecule has 1 aliphatic carbocycles. The number of nitrogens with zero attached hydrogens (tertiary/aromatic N) is 1. The predicted molar refractivity (Wildman–Crippen MR) is 72.9 cm³/mol. The summed E-state index contributed by atoms with van der Waals surface area (Å²) in [5.74, 6) is 2.87. The second-order valence-electron chi connectivity index (χ2n) is 5.61. The van der Waals surface area contributed by atoms with Crippen molar-refractivity contribution in [1.29, 1.82) is 0 Å². The minimum atomic E-state index is 0.363. The largest absolute Gasteiger partial charge is 0.314 e. The van der Waals surface area contributed by atoms with Gasteiger partial charge in [0.05, 0.1) is 0 Å². The molecule has 0 aromatic rings. The van der Waals surface area contributed by atoms with Gasteiger partial charge < -0.3 is 5.32 Å². The molecule has 1 heterocycles. The van der Waals surface area contributed by atoms with E-state index in [-0.39, 0.29) is 0 Å². The van der Waals surface area contributed by atoms with Crippen LogP contribution in [-0.2, 0) is 0 Å². The lowest BCUT2D eigenvalue weighted by Gasteiger charge is -2.48. The number of hydrogen-bond donors (Lipinski definition) is 1. The molecular formula is C15H26N2. The maximum atomic E-state index is 5.55. The number of likely N-dealkylation sites (tertiary alicyclic amines) is 1. The number of hydrogen-bond acceptors (Lipinski definition) is 2. The first-order chi connectivity index (χ1) is 8.33. The van der Waals surface area contributed by atoms with Gasteiger partial charge in [-0.05, 0) is 45.8 Å². The van der Waals surface area contributed by atoms with E-state index < -0.39 is 0 Å². The van der Waals surface area contributed by atoms with Crippen LogP contribution in [-0.4, -0.2) is 36.6 Å². The molecule has 1 aliphatic heterocycles. The van der Waals surface area contributed by atoms with Gasteiger partial charge in [-0.15, -0.1) is 12.3 Å². The highest BCUT2D eigenvalue weighted by atomic mass is 15.2. The zero-order valence-corrected chi connectivity index (χ0v) is 11.2. The molecule has 1 N–H and O–H groups in total. The third kappa shape index (κ3) is 2.51. The lowest BCUT2D eigenvalue weighted by atomic mass is 9.83. The van der Waals surface area contributed by atoms with Crippen molar-refractivity contribution in [3.05, 3.63) is 0 Å². The van der Waals surface area contributed by atoms with Gasteiger partial charge in [0.2, 0.25) is 0 Å². The first kappa shape index (κ1) is 12.9. The Balaban J connectivity index is 2.15. The van der Waals surface area contributed by atoms with Crippen molar-refractivity contribution in [1.82, 2.24) is 10.2 Å². The minimum absolute atomic E-state index is 0.363. The minimum Gasteiger partial charge on any atom is -0.314 e. The maximum absolute atomic E-state index is 5.55. The van der Waals surface area contributed by atoms with Gasteiger partial charge in [-0.3, -0.25) is 4.90 Å². The normalized spacial score (nSPS) is 26.6. The first-order valence-corrected chi connectivity index (χ1v) is 7.19. The van der Waals surface area contributed by atoms with Crippen LogP contribution in [0.3, 0.4) is 0 Å². The van der Waals surface area contributed by atoms with Crippen LogP contribution in [0.25, 0.3) is 0 Å². The fourth-order valence-electron chi connectivity index (χ4n) is 3.89. The Morgan fingerprint density at radius 1 is 1.18 bits per heavy atom. The van der Waals surface area contributed by atoms with Gasteiger partial charge in [0.15, 0.2) is 0 Å². The van der Waals surface area contributed by atoms with Crippen LogP contribution < -0.4 is 5.32 Å². The molecule has 0 aromatic heterocycles. The lowest BCUT2D eigenvalue weighted by Crippen LogP contribution is -2.60. The highest BCUT2D eigenvalue weighted by Crippen LogP contribution is 2.40. The molecule has 96 valence electrons. The van der Waals surface area contributed by atoms with E-state index in [2.05, 4.69) is 23.2 Å². The van der Waals surface area contributed by atoms with Crippen molar-refractivity contribution in [3.63, 3.8) is 0 Å². The van der Waals surface area contributed by atoms with Crippen molar-refractivity contribution in [2.45, 2.75) is 62.9 Å². The summed E-state index contributed by atoms with van der Waals surface area (Å²) in [7, 11) is 2.08. The van der Waals surface area contributed by atoms with Crippen LogP contribution in [0.1, 0.15) is 51.4 Å². The van der Waals surface area contributed by atoms with Crippen molar-refractivity contribution in [2.24, 2.45) is 0 Å². The Morgan fingerprint density at radius 3 is 2.35 bits per heavy atom. The van der Waals surface area contributed by atoms with Gasteiger partial charge in [0, 0.05) is 18.0 Å². The molecule has 2 fully saturated rings. The summed E-state index contributed by atoms with van der Waals surface area (Å²) >= 11 is 0. The number of rotatable bonds is 4. The van der Waals surface area contributed by atoms with E-state index in [0.717, 1.165) is 6.42 Å². The molecule has 0 radical (unpaired) electrons. The van der Waals surface area contributed by atoms with E-state index >= 15 is 0 Å². The van der Waals surface area contributed by atoms with Crippen molar-refractivity contribution >= 4 is 0 Å². The molecule has 0 aromatic carbocycles. The molecule has 17 heavy (non-hydrogen) atoms. The number of terminal acetylenes is 1. The average molecular weight is 234 g/mol. The van der Waals surface area contributed by atoms with Crippen LogP contribution in [0.4, 0.5) is 0 Å². The molecule has 1 unspecified atom stereocenters. The number of likely N-dealkylation sites (N-methyl/N-ethyl adjacent to an activating group) is 1. The summed E-state index contributed by atoms with van der Waals surface area (Å²) in [5, 5.41) is 3.50. The molecule has 2 rings (SSSR count). The lowest BCUT2D eigenvalue weighted by molar-refractivity contribution is 0.0403. The summed E-state index contributed by atoms with van der Waals surface area (Å²) < 4.78 is 0. The molecule has 2 aliphatic rings. The van der Waals surface area contributed by atoms with E-state index in [1.807, 2.05) is 0 Å². The second kappa shape index (κ2) is 5.89. The molecule has 1 atom stereocenters. The van der Waals surface area contributed by atoms with E-state index in [1.54, 1.807) is 0 Å². The molecule has 1 saturated carbocycles. The van der Waals surface area contributed by atoms with E-state index in [4.69, 9.17) is 6.42 Å². The second-order valence-corrected chi connectivity index (χ2v) is 5.61. The van der Waals surface area contributed by atoms with Gasteiger partial charge in [-0.1, -0.05) is 19.3 Å². The molecule has 0 amide bonds. The fraction of sp³-hybridized carbons (Fsp3) is 0.867. The third-order valence-electron chi connectivity index (χ3n) is 4.77. The zero-order chi connectivity index (χ0) is 12.1. The molecule has 2 heteroatoms. The van der Waals surface area contributed by atoms with Crippen LogP contribution in [0.2, 0.25) is 0 Å². The van der Waals surface area contributed by atoms with Crippen LogP contribution in [0, 0.1) is 12.3 Å². The summed E-state index contributed by atoms with van der Waals surface area (Å²) in [4.78, 5) is 2.75. The highest BCUT2D eigenvalue weighted by molar-refractivity contribution is 5.07. The fourth-order valence-corrected chi connectivity index (χ4v) is 3.89. The number of nitrogens with one attached hydrogen (secondary N) is 1. The summed E-state index contributed by atoms with van der Waals surface area (Å²) in [5.41, 5.74) is 0.363. The van der Waals surface area contributed by atoms with Gasteiger partial charge in [-0.2, -0.15) is 0 Å². The van der Waals surface area contributed by atoms with Crippen LogP contribution in [0.15, 0.2) is 0 Å². The molecular weight excluding hydrogens is 208 g/mol. The Morgan fingerprint density at radius 2 is 1.82 bits per heavy atom. The van der Waals surface area contributed by atoms with E-state index in [0.29, 0.717) is 11.6 Å².